The maximum atomic E-state index is 13.0. The molecule has 27 heavy (non-hydrogen) atoms. The molecule has 3 rings (SSSR count). The van der Waals surface area contributed by atoms with E-state index in [1.54, 1.807) is 14.1 Å². The first-order chi connectivity index (χ1) is 12.8. The molecule has 0 aromatic carbocycles. The Morgan fingerprint density at radius 2 is 1.93 bits per heavy atom. The van der Waals surface area contributed by atoms with Gasteiger partial charge in [-0.15, -0.1) is 0 Å². The molecule has 1 aromatic rings. The van der Waals surface area contributed by atoms with Crippen LogP contribution in [0.15, 0.2) is 12.1 Å². The zero-order chi connectivity index (χ0) is 19.6. The molecule has 1 N–H and O–H groups in total. The fraction of sp³-hybridized carbons (Fsp3) is 0.667. The Balaban J connectivity index is 1.77. The molecule has 0 radical (unpaired) electrons. The van der Waals surface area contributed by atoms with Crippen LogP contribution >= 0.6 is 0 Å². The van der Waals surface area contributed by atoms with Gasteiger partial charge in [-0.3, -0.25) is 9.59 Å². The molecule has 1 heterocycles. The van der Waals surface area contributed by atoms with Crippen molar-refractivity contribution in [1.29, 1.82) is 0 Å². The van der Waals surface area contributed by atoms with Crippen molar-refractivity contribution in [2.24, 2.45) is 11.8 Å². The largest absolute Gasteiger partial charge is 0.477 e. The average Bonchev–Trinajstić information content (AvgIpc) is 3.51. The lowest BCUT2D eigenvalue weighted by Crippen LogP contribution is -2.47. The first kappa shape index (κ1) is 19.6. The van der Waals surface area contributed by atoms with Gasteiger partial charge in [-0.05, 0) is 55.4 Å². The smallest absolute Gasteiger partial charge is 0.270 e. The van der Waals surface area contributed by atoms with E-state index < -0.39 is 6.04 Å². The van der Waals surface area contributed by atoms with Gasteiger partial charge in [-0.25, -0.2) is 4.98 Å². The van der Waals surface area contributed by atoms with Crippen LogP contribution in [0.4, 0.5) is 0 Å². The number of pyridine rings is 1. The summed E-state index contributed by atoms with van der Waals surface area (Å²) in [6.45, 7) is 4.75. The van der Waals surface area contributed by atoms with Crippen molar-refractivity contribution >= 4 is 11.8 Å². The molecule has 1 aromatic heterocycles. The van der Waals surface area contributed by atoms with Gasteiger partial charge in [0.2, 0.25) is 11.8 Å². The van der Waals surface area contributed by atoms with E-state index in [9.17, 15) is 9.59 Å². The third-order valence-electron chi connectivity index (χ3n) is 5.05. The van der Waals surface area contributed by atoms with Crippen LogP contribution < -0.4 is 10.1 Å². The Hall–Kier alpha value is -2.11. The van der Waals surface area contributed by atoms with Crippen LogP contribution in [-0.4, -0.2) is 48.4 Å². The first-order valence-corrected chi connectivity index (χ1v) is 10.0. The molecule has 2 saturated carbocycles. The Morgan fingerprint density at radius 1 is 1.22 bits per heavy atom. The van der Waals surface area contributed by atoms with E-state index in [4.69, 9.17) is 4.74 Å². The molecule has 2 amide bonds. The lowest BCUT2D eigenvalue weighted by atomic mass is 10.0. The fourth-order valence-electron chi connectivity index (χ4n) is 3.16. The Kier molecular flexibility index (Phi) is 6.02. The highest BCUT2D eigenvalue weighted by Gasteiger charge is 2.32. The van der Waals surface area contributed by atoms with Gasteiger partial charge in [0, 0.05) is 20.2 Å². The van der Waals surface area contributed by atoms with Gasteiger partial charge in [-0.2, -0.15) is 0 Å². The summed E-state index contributed by atoms with van der Waals surface area (Å²) in [5, 5.41) is 2.93. The number of aromatic nitrogens is 1. The van der Waals surface area contributed by atoms with Crippen molar-refractivity contribution in [2.45, 2.75) is 57.9 Å². The Labute approximate surface area is 161 Å². The maximum Gasteiger partial charge on any atom is 0.270 e. The molecule has 0 bridgehead atoms. The monoisotopic (exact) mass is 373 g/mol. The fourth-order valence-corrected chi connectivity index (χ4v) is 3.16. The van der Waals surface area contributed by atoms with E-state index in [1.165, 1.54) is 17.7 Å². The molecular formula is C21H31N3O3. The van der Waals surface area contributed by atoms with Crippen molar-refractivity contribution < 1.29 is 14.3 Å². The van der Waals surface area contributed by atoms with Crippen LogP contribution in [0.2, 0.25) is 0 Å². The molecule has 0 unspecified atom stereocenters. The molecule has 1 atom stereocenters. The van der Waals surface area contributed by atoms with Crippen molar-refractivity contribution in [3.05, 3.63) is 23.4 Å². The molecule has 2 aliphatic rings. The number of carbonyl (C=O) groups excluding carboxylic acids is 2. The lowest BCUT2D eigenvalue weighted by Gasteiger charge is -2.23. The highest BCUT2D eigenvalue weighted by atomic mass is 16.5. The number of ether oxygens (including phenoxy) is 1. The van der Waals surface area contributed by atoms with Crippen LogP contribution in [0.25, 0.3) is 0 Å². The Morgan fingerprint density at radius 3 is 2.48 bits per heavy atom. The van der Waals surface area contributed by atoms with Gasteiger partial charge < -0.3 is 15.0 Å². The van der Waals surface area contributed by atoms with Gasteiger partial charge in [0.1, 0.15) is 11.7 Å². The van der Waals surface area contributed by atoms with E-state index in [1.807, 2.05) is 26.0 Å². The molecule has 2 aliphatic carbocycles. The quantitative estimate of drug-likeness (QED) is 0.722. The standard InChI is InChI=1S/C21H31N3O3/c1-13(2)11-17(21(26)24(3)4)22-20(25)19-16(15-7-8-15)9-10-18(23-19)27-12-14-5-6-14/h9-10,13-15,17H,5-8,11-12H2,1-4H3,(H,22,25)/t17-/m0/s1. The number of nitrogens with one attached hydrogen (secondary N) is 1. The van der Waals surface area contributed by atoms with Crippen molar-refractivity contribution in [2.75, 3.05) is 20.7 Å². The summed E-state index contributed by atoms with van der Waals surface area (Å²) in [6.07, 6.45) is 5.17. The number of nitrogens with zero attached hydrogens (tertiary/aromatic N) is 2. The van der Waals surface area contributed by atoms with E-state index in [2.05, 4.69) is 10.3 Å². The van der Waals surface area contributed by atoms with E-state index in [0.29, 0.717) is 42.4 Å². The number of carbonyl (C=O) groups is 2. The number of amides is 2. The minimum absolute atomic E-state index is 0.0915. The van der Waals surface area contributed by atoms with Crippen LogP contribution in [0.3, 0.4) is 0 Å². The second kappa shape index (κ2) is 8.28. The lowest BCUT2D eigenvalue weighted by molar-refractivity contribution is -0.131. The predicted octanol–water partition coefficient (Wildman–Crippen LogP) is 2.98. The molecule has 6 heteroatoms. The van der Waals surface area contributed by atoms with Gasteiger partial charge in [0.15, 0.2) is 0 Å². The minimum atomic E-state index is -0.544. The average molecular weight is 373 g/mol. The number of likely N-dealkylation sites (N-methyl/N-ethyl adjacent to an activating group) is 1. The predicted molar refractivity (Wildman–Crippen MR) is 104 cm³/mol. The number of hydrogen-bond donors (Lipinski definition) is 1. The van der Waals surface area contributed by atoms with Crippen LogP contribution in [0.1, 0.15) is 67.9 Å². The summed E-state index contributed by atoms with van der Waals surface area (Å²) in [5.74, 6) is 1.43. The molecule has 6 nitrogen and oxygen atoms in total. The zero-order valence-corrected chi connectivity index (χ0v) is 16.8. The Bertz CT molecular complexity index is 694. The van der Waals surface area contributed by atoms with Crippen LogP contribution in [0.5, 0.6) is 5.88 Å². The highest BCUT2D eigenvalue weighted by Crippen LogP contribution is 2.42. The summed E-state index contributed by atoms with van der Waals surface area (Å²) in [7, 11) is 3.42. The van der Waals surface area contributed by atoms with E-state index in [0.717, 1.165) is 18.4 Å². The van der Waals surface area contributed by atoms with Gasteiger partial charge in [0.25, 0.3) is 5.91 Å². The number of hydrogen-bond acceptors (Lipinski definition) is 4. The summed E-state index contributed by atoms with van der Waals surface area (Å²) >= 11 is 0. The minimum Gasteiger partial charge on any atom is -0.477 e. The van der Waals surface area contributed by atoms with Gasteiger partial charge in [0.05, 0.1) is 6.61 Å². The second-order valence-electron chi connectivity index (χ2n) is 8.50. The SMILES string of the molecule is CC(C)C[C@H](NC(=O)c1nc(OCC2CC2)ccc1C1CC1)C(=O)N(C)C. The third kappa shape index (κ3) is 5.44. The summed E-state index contributed by atoms with van der Waals surface area (Å²) in [6, 6.07) is 3.29. The summed E-state index contributed by atoms with van der Waals surface area (Å²) < 4.78 is 5.76. The summed E-state index contributed by atoms with van der Waals surface area (Å²) in [5.41, 5.74) is 1.37. The number of rotatable bonds is 9. The zero-order valence-electron chi connectivity index (χ0n) is 16.8. The first-order valence-electron chi connectivity index (χ1n) is 10.0. The topological polar surface area (TPSA) is 71.5 Å². The molecule has 0 spiro atoms. The van der Waals surface area contributed by atoms with Crippen LogP contribution in [-0.2, 0) is 4.79 Å². The van der Waals surface area contributed by atoms with Crippen LogP contribution in [0, 0.1) is 11.8 Å². The van der Waals surface area contributed by atoms with Gasteiger partial charge in [-0.1, -0.05) is 19.9 Å². The van der Waals surface area contributed by atoms with Crippen molar-refractivity contribution in [3.63, 3.8) is 0 Å². The molecule has 0 aliphatic heterocycles. The van der Waals surface area contributed by atoms with Gasteiger partial charge >= 0.3 is 0 Å². The third-order valence-corrected chi connectivity index (χ3v) is 5.05. The molecule has 148 valence electrons. The molecule has 0 saturated heterocycles. The second-order valence-corrected chi connectivity index (χ2v) is 8.50. The maximum absolute atomic E-state index is 13.0. The van der Waals surface area contributed by atoms with E-state index in [-0.39, 0.29) is 11.8 Å². The van der Waals surface area contributed by atoms with E-state index >= 15 is 0 Å². The van der Waals surface area contributed by atoms with Crippen molar-refractivity contribution in [3.8, 4) is 5.88 Å². The normalized spacial score (nSPS) is 17.5. The molecular weight excluding hydrogens is 342 g/mol. The van der Waals surface area contributed by atoms with Crippen molar-refractivity contribution in [1.82, 2.24) is 15.2 Å². The summed E-state index contributed by atoms with van der Waals surface area (Å²) in [4.78, 5) is 31.5. The molecule has 2 fully saturated rings. The highest BCUT2D eigenvalue weighted by molar-refractivity contribution is 5.97.